The molecule has 1 aliphatic heterocycles. The van der Waals surface area contributed by atoms with E-state index in [9.17, 15) is 4.79 Å². The van der Waals surface area contributed by atoms with Crippen LogP contribution in [0.5, 0.6) is 5.75 Å². The number of ether oxygens (including phenoxy) is 2. The fraction of sp³-hybridized carbons (Fsp3) is 0.364. The van der Waals surface area contributed by atoms with Crippen molar-refractivity contribution in [3.63, 3.8) is 0 Å². The van der Waals surface area contributed by atoms with Gasteiger partial charge >= 0.3 is 6.09 Å². The third-order valence-corrected chi connectivity index (χ3v) is 2.81. The lowest BCUT2D eigenvalue weighted by molar-refractivity contribution is 0.105. The van der Waals surface area contributed by atoms with E-state index in [1.165, 1.54) is 0 Å². The molecule has 1 fully saturated rings. The SMILES string of the molecule is Cc1cccc(OCC2CNC(=O)O2)c1Cl. The molecule has 0 aliphatic carbocycles. The molecule has 1 heterocycles. The second kappa shape index (κ2) is 4.61. The minimum Gasteiger partial charge on any atom is -0.488 e. The van der Waals surface area contributed by atoms with E-state index < -0.39 is 6.09 Å². The molecule has 1 atom stereocenters. The first-order chi connectivity index (χ1) is 7.66. The molecule has 0 aromatic heterocycles. The van der Waals surface area contributed by atoms with Gasteiger partial charge in [0.05, 0.1) is 11.6 Å². The van der Waals surface area contributed by atoms with E-state index in [2.05, 4.69) is 5.32 Å². The molecule has 1 aliphatic rings. The Bertz CT molecular complexity index is 408. The molecular formula is C11H12ClNO3. The predicted octanol–water partition coefficient (Wildman–Crippen LogP) is 2.14. The van der Waals surface area contributed by atoms with Crippen LogP contribution < -0.4 is 10.1 Å². The van der Waals surface area contributed by atoms with Gasteiger partial charge in [-0.2, -0.15) is 0 Å². The van der Waals surface area contributed by atoms with E-state index in [1.807, 2.05) is 19.1 Å². The first-order valence-electron chi connectivity index (χ1n) is 4.99. The zero-order chi connectivity index (χ0) is 11.5. The predicted molar refractivity (Wildman–Crippen MR) is 60.0 cm³/mol. The molecule has 1 amide bonds. The molecule has 1 aromatic rings. The molecule has 1 aromatic carbocycles. The van der Waals surface area contributed by atoms with Crippen LogP contribution >= 0.6 is 11.6 Å². The summed E-state index contributed by atoms with van der Waals surface area (Å²) in [7, 11) is 0. The molecule has 0 bridgehead atoms. The third-order valence-electron chi connectivity index (χ3n) is 2.33. The summed E-state index contributed by atoms with van der Waals surface area (Å²) in [6, 6.07) is 5.57. The van der Waals surface area contributed by atoms with Gasteiger partial charge in [-0.05, 0) is 18.6 Å². The molecular weight excluding hydrogens is 230 g/mol. The molecule has 0 radical (unpaired) electrons. The number of benzene rings is 1. The summed E-state index contributed by atoms with van der Waals surface area (Å²) in [5.41, 5.74) is 0.959. The Kier molecular flexibility index (Phi) is 3.19. The van der Waals surface area contributed by atoms with Crippen LogP contribution in [0.4, 0.5) is 4.79 Å². The Morgan fingerprint density at radius 1 is 1.62 bits per heavy atom. The Hall–Kier alpha value is -1.42. The largest absolute Gasteiger partial charge is 0.488 e. The van der Waals surface area contributed by atoms with Crippen molar-refractivity contribution in [1.82, 2.24) is 5.32 Å². The first-order valence-corrected chi connectivity index (χ1v) is 5.37. The zero-order valence-corrected chi connectivity index (χ0v) is 9.58. The van der Waals surface area contributed by atoms with Gasteiger partial charge in [0.15, 0.2) is 6.10 Å². The van der Waals surface area contributed by atoms with Crippen molar-refractivity contribution in [2.75, 3.05) is 13.2 Å². The number of carbonyl (C=O) groups excluding carboxylic acids is 1. The number of hydrogen-bond donors (Lipinski definition) is 1. The summed E-state index contributed by atoms with van der Waals surface area (Å²) >= 11 is 6.06. The topological polar surface area (TPSA) is 47.6 Å². The van der Waals surface area contributed by atoms with E-state index in [-0.39, 0.29) is 6.10 Å². The summed E-state index contributed by atoms with van der Waals surface area (Å²) in [6.45, 7) is 2.69. The lowest BCUT2D eigenvalue weighted by Crippen LogP contribution is -2.22. The van der Waals surface area contributed by atoms with Gasteiger partial charge in [0.25, 0.3) is 0 Å². The Balaban J connectivity index is 1.94. The second-order valence-corrected chi connectivity index (χ2v) is 3.98. The molecule has 0 spiro atoms. The first kappa shape index (κ1) is 11.1. The highest BCUT2D eigenvalue weighted by molar-refractivity contribution is 6.32. The molecule has 2 rings (SSSR count). The number of hydrogen-bond acceptors (Lipinski definition) is 3. The fourth-order valence-electron chi connectivity index (χ4n) is 1.44. The number of alkyl carbamates (subject to hydrolysis) is 1. The lowest BCUT2D eigenvalue weighted by atomic mass is 10.2. The molecule has 0 saturated carbocycles. The molecule has 1 N–H and O–H groups in total. The van der Waals surface area contributed by atoms with Crippen molar-refractivity contribution >= 4 is 17.7 Å². The average Bonchev–Trinajstić information content (AvgIpc) is 2.67. The second-order valence-electron chi connectivity index (χ2n) is 3.61. The molecule has 86 valence electrons. The number of amides is 1. The van der Waals surface area contributed by atoms with E-state index >= 15 is 0 Å². The highest BCUT2D eigenvalue weighted by Gasteiger charge is 2.23. The minimum absolute atomic E-state index is 0.246. The van der Waals surface area contributed by atoms with Crippen molar-refractivity contribution < 1.29 is 14.3 Å². The van der Waals surface area contributed by atoms with Gasteiger partial charge in [0.1, 0.15) is 12.4 Å². The van der Waals surface area contributed by atoms with Gasteiger partial charge in [-0.15, -0.1) is 0 Å². The maximum absolute atomic E-state index is 10.8. The average molecular weight is 242 g/mol. The van der Waals surface area contributed by atoms with Crippen LogP contribution in [0.15, 0.2) is 18.2 Å². The van der Waals surface area contributed by atoms with Crippen LogP contribution in [-0.2, 0) is 4.74 Å². The van der Waals surface area contributed by atoms with Gasteiger partial charge in [-0.3, -0.25) is 0 Å². The molecule has 5 heteroatoms. The van der Waals surface area contributed by atoms with Crippen molar-refractivity contribution in [2.24, 2.45) is 0 Å². The van der Waals surface area contributed by atoms with E-state index in [0.29, 0.717) is 23.9 Å². The molecule has 1 saturated heterocycles. The molecule has 4 nitrogen and oxygen atoms in total. The highest BCUT2D eigenvalue weighted by Crippen LogP contribution is 2.27. The standard InChI is InChI=1S/C11H12ClNO3/c1-7-3-2-4-9(10(7)12)15-6-8-5-13-11(14)16-8/h2-4,8H,5-6H2,1H3,(H,13,14). The number of nitrogens with one attached hydrogen (secondary N) is 1. The van der Waals surface area contributed by atoms with Crippen LogP contribution in [0, 0.1) is 6.92 Å². The minimum atomic E-state index is -0.399. The summed E-state index contributed by atoms with van der Waals surface area (Å²) in [6.07, 6.45) is -0.645. The Morgan fingerprint density at radius 2 is 2.44 bits per heavy atom. The van der Waals surface area contributed by atoms with Crippen LogP contribution in [-0.4, -0.2) is 25.3 Å². The number of carbonyl (C=O) groups is 1. The van der Waals surface area contributed by atoms with E-state index in [1.54, 1.807) is 6.07 Å². The lowest BCUT2D eigenvalue weighted by Gasteiger charge is -2.12. The third kappa shape index (κ3) is 2.39. The smallest absolute Gasteiger partial charge is 0.407 e. The maximum atomic E-state index is 10.8. The van der Waals surface area contributed by atoms with Crippen LogP contribution in [0.25, 0.3) is 0 Å². The summed E-state index contributed by atoms with van der Waals surface area (Å²) in [4.78, 5) is 10.8. The van der Waals surface area contributed by atoms with Gasteiger partial charge in [0.2, 0.25) is 0 Å². The quantitative estimate of drug-likeness (QED) is 0.882. The summed E-state index contributed by atoms with van der Waals surface area (Å²) < 4.78 is 10.4. The Labute approximate surface area is 98.5 Å². The maximum Gasteiger partial charge on any atom is 0.407 e. The van der Waals surface area contributed by atoms with Gasteiger partial charge in [-0.1, -0.05) is 23.7 Å². The fourth-order valence-corrected chi connectivity index (χ4v) is 1.62. The summed E-state index contributed by atoms with van der Waals surface area (Å²) in [5, 5.41) is 3.15. The zero-order valence-electron chi connectivity index (χ0n) is 8.83. The van der Waals surface area contributed by atoms with E-state index in [4.69, 9.17) is 21.1 Å². The Morgan fingerprint density at radius 3 is 3.12 bits per heavy atom. The van der Waals surface area contributed by atoms with Crippen LogP contribution in [0.3, 0.4) is 0 Å². The molecule has 1 unspecified atom stereocenters. The number of rotatable bonds is 3. The van der Waals surface area contributed by atoms with Crippen molar-refractivity contribution in [3.8, 4) is 5.75 Å². The van der Waals surface area contributed by atoms with Crippen LogP contribution in [0.1, 0.15) is 5.56 Å². The van der Waals surface area contributed by atoms with Gasteiger partial charge < -0.3 is 14.8 Å². The highest BCUT2D eigenvalue weighted by atomic mass is 35.5. The van der Waals surface area contributed by atoms with Gasteiger partial charge in [-0.25, -0.2) is 4.79 Å². The molecule has 16 heavy (non-hydrogen) atoms. The normalized spacial score (nSPS) is 19.1. The van der Waals surface area contributed by atoms with E-state index in [0.717, 1.165) is 5.56 Å². The monoisotopic (exact) mass is 241 g/mol. The van der Waals surface area contributed by atoms with Crippen molar-refractivity contribution in [1.29, 1.82) is 0 Å². The summed E-state index contributed by atoms with van der Waals surface area (Å²) in [5.74, 6) is 0.615. The number of aryl methyl sites for hydroxylation is 1. The van der Waals surface area contributed by atoms with Crippen LogP contribution in [0.2, 0.25) is 5.02 Å². The number of halogens is 1. The van der Waals surface area contributed by atoms with Crippen molar-refractivity contribution in [2.45, 2.75) is 13.0 Å². The number of cyclic esters (lactones) is 1. The van der Waals surface area contributed by atoms with Crippen molar-refractivity contribution in [3.05, 3.63) is 28.8 Å². The van der Waals surface area contributed by atoms with Gasteiger partial charge in [0, 0.05) is 0 Å².